The van der Waals surface area contributed by atoms with Crippen molar-refractivity contribution in [3.8, 4) is 17.0 Å². The van der Waals surface area contributed by atoms with Crippen LogP contribution in [-0.2, 0) is 6.54 Å². The number of nitrogens with zero attached hydrogens (tertiary/aromatic N) is 4. The molecule has 1 aromatic heterocycles. The van der Waals surface area contributed by atoms with Crippen LogP contribution in [-0.4, -0.2) is 73.3 Å². The number of hydrogen-bond donors (Lipinski definition) is 0. The van der Waals surface area contributed by atoms with E-state index in [1.807, 2.05) is 0 Å². The van der Waals surface area contributed by atoms with Gasteiger partial charge in [-0.1, -0.05) is 50.3 Å². The van der Waals surface area contributed by atoms with Crippen LogP contribution in [0.15, 0.2) is 36.4 Å². The molecule has 4 heterocycles. The standard InChI is InChI=1S/C37H52N4O/c1-29-16-17-31-34(28-29)41-26-27-42-37-32(36(41)35(31)30-12-5-2-6-13-30)14-11-15-33(37)40(24-22-38-18-7-3-8-19-38)25-23-39-20-9-4-10-21-39/h11,14-17,28,30H,2-10,12-13,18-27H2,1H3. The molecular weight excluding hydrogens is 516 g/mol. The quantitative estimate of drug-likeness (QED) is 0.276. The lowest BCUT2D eigenvalue weighted by molar-refractivity contribution is 0.222. The molecule has 2 aromatic carbocycles. The molecular formula is C37H52N4O. The Morgan fingerprint density at radius 2 is 1.43 bits per heavy atom. The number of hydrogen-bond acceptors (Lipinski definition) is 4. The molecule has 5 nitrogen and oxygen atoms in total. The summed E-state index contributed by atoms with van der Waals surface area (Å²) < 4.78 is 9.44. The summed E-state index contributed by atoms with van der Waals surface area (Å²) in [5.74, 6) is 1.77. The van der Waals surface area contributed by atoms with E-state index in [2.05, 4.69) is 62.6 Å². The van der Waals surface area contributed by atoms with E-state index < -0.39 is 0 Å². The highest BCUT2D eigenvalue weighted by atomic mass is 16.5. The molecule has 0 N–H and O–H groups in total. The molecule has 5 heteroatoms. The molecule has 0 atom stereocenters. The van der Waals surface area contributed by atoms with Crippen LogP contribution < -0.4 is 9.64 Å². The molecule has 3 fully saturated rings. The molecule has 0 radical (unpaired) electrons. The van der Waals surface area contributed by atoms with Crippen molar-refractivity contribution < 1.29 is 4.74 Å². The Morgan fingerprint density at radius 1 is 0.762 bits per heavy atom. The van der Waals surface area contributed by atoms with E-state index in [9.17, 15) is 0 Å². The summed E-state index contributed by atoms with van der Waals surface area (Å²) >= 11 is 0. The van der Waals surface area contributed by atoms with Gasteiger partial charge in [0.1, 0.15) is 6.61 Å². The molecule has 226 valence electrons. The molecule has 42 heavy (non-hydrogen) atoms. The second-order valence-electron chi connectivity index (χ2n) is 13.6. The first-order valence-corrected chi connectivity index (χ1v) is 17.3. The van der Waals surface area contributed by atoms with Gasteiger partial charge in [-0.2, -0.15) is 0 Å². The van der Waals surface area contributed by atoms with Crippen molar-refractivity contribution in [2.24, 2.45) is 0 Å². The van der Waals surface area contributed by atoms with Gasteiger partial charge < -0.3 is 24.0 Å². The molecule has 0 bridgehead atoms. The van der Waals surface area contributed by atoms with Gasteiger partial charge in [-0.15, -0.1) is 0 Å². The monoisotopic (exact) mass is 568 g/mol. The van der Waals surface area contributed by atoms with E-state index in [0.717, 1.165) is 45.1 Å². The highest BCUT2D eigenvalue weighted by molar-refractivity contribution is 5.95. The van der Waals surface area contributed by atoms with Gasteiger partial charge >= 0.3 is 0 Å². The van der Waals surface area contributed by atoms with E-state index in [1.165, 1.54) is 130 Å². The fraction of sp³-hybridized carbons (Fsp3) is 0.622. The predicted molar refractivity (Wildman–Crippen MR) is 176 cm³/mol. The molecule has 3 aromatic rings. The van der Waals surface area contributed by atoms with Crippen molar-refractivity contribution in [3.63, 3.8) is 0 Å². The second kappa shape index (κ2) is 13.0. The van der Waals surface area contributed by atoms with Gasteiger partial charge in [0.25, 0.3) is 0 Å². The molecule has 1 aliphatic carbocycles. The lowest BCUT2D eigenvalue weighted by Gasteiger charge is -2.34. The maximum atomic E-state index is 6.82. The molecule has 2 saturated heterocycles. The number of anilines is 1. The van der Waals surface area contributed by atoms with Gasteiger partial charge in [0.05, 0.1) is 17.9 Å². The first-order valence-electron chi connectivity index (χ1n) is 17.3. The number of fused-ring (bicyclic) bond motifs is 5. The van der Waals surface area contributed by atoms with Crippen LogP contribution >= 0.6 is 0 Å². The van der Waals surface area contributed by atoms with Crippen LogP contribution in [0.25, 0.3) is 22.2 Å². The van der Waals surface area contributed by atoms with Crippen LogP contribution in [0.2, 0.25) is 0 Å². The lowest BCUT2D eigenvalue weighted by Crippen LogP contribution is -2.42. The third-order valence-corrected chi connectivity index (χ3v) is 10.7. The smallest absolute Gasteiger partial charge is 0.152 e. The zero-order valence-corrected chi connectivity index (χ0v) is 26.1. The molecule has 7 rings (SSSR count). The van der Waals surface area contributed by atoms with Gasteiger partial charge in [-0.3, -0.25) is 0 Å². The van der Waals surface area contributed by atoms with E-state index in [0.29, 0.717) is 5.92 Å². The Labute approximate surface area is 253 Å². The summed E-state index contributed by atoms with van der Waals surface area (Å²) in [6.45, 7) is 13.4. The van der Waals surface area contributed by atoms with Crippen LogP contribution in [0.4, 0.5) is 5.69 Å². The summed E-state index contributed by atoms with van der Waals surface area (Å²) in [5, 5.41) is 1.48. The zero-order chi connectivity index (χ0) is 28.3. The largest absolute Gasteiger partial charge is 0.489 e. The van der Waals surface area contributed by atoms with Crippen molar-refractivity contribution in [1.29, 1.82) is 0 Å². The SMILES string of the molecule is Cc1ccc2c(C3CCCCC3)c3n(c2c1)CCOc1c-3cccc1N(CCN1CCCCC1)CCN1CCCCC1. The average Bonchev–Trinajstić information content (AvgIpc) is 3.22. The first-order chi connectivity index (χ1) is 20.8. The number of benzene rings is 2. The van der Waals surface area contributed by atoms with Crippen molar-refractivity contribution in [1.82, 2.24) is 14.4 Å². The van der Waals surface area contributed by atoms with Crippen LogP contribution in [0.5, 0.6) is 5.75 Å². The van der Waals surface area contributed by atoms with Crippen molar-refractivity contribution >= 4 is 16.6 Å². The molecule has 0 unspecified atom stereocenters. The van der Waals surface area contributed by atoms with E-state index in [4.69, 9.17) is 4.74 Å². The second-order valence-corrected chi connectivity index (χ2v) is 13.6. The maximum absolute atomic E-state index is 6.82. The molecule has 4 aliphatic rings. The fourth-order valence-corrected chi connectivity index (χ4v) is 8.41. The van der Waals surface area contributed by atoms with Crippen LogP contribution in [0.3, 0.4) is 0 Å². The Morgan fingerprint density at radius 3 is 2.12 bits per heavy atom. The summed E-state index contributed by atoms with van der Waals surface area (Å²) in [7, 11) is 0. The number of piperidine rings is 2. The van der Waals surface area contributed by atoms with E-state index >= 15 is 0 Å². The van der Waals surface area contributed by atoms with Gasteiger partial charge in [-0.25, -0.2) is 0 Å². The highest BCUT2D eigenvalue weighted by Crippen LogP contribution is 2.49. The number of rotatable bonds is 8. The van der Waals surface area contributed by atoms with Crippen molar-refractivity contribution in [2.75, 3.05) is 63.9 Å². The topological polar surface area (TPSA) is 23.9 Å². The van der Waals surface area contributed by atoms with Crippen LogP contribution in [0, 0.1) is 6.92 Å². The summed E-state index contributed by atoms with van der Waals surface area (Å²) in [4.78, 5) is 8.08. The number of ether oxygens (including phenoxy) is 1. The third kappa shape index (κ3) is 5.84. The Bertz CT molecular complexity index is 1320. The van der Waals surface area contributed by atoms with Gasteiger partial charge in [0.2, 0.25) is 0 Å². The summed E-state index contributed by atoms with van der Waals surface area (Å²) in [6.07, 6.45) is 14.9. The molecule has 3 aliphatic heterocycles. The maximum Gasteiger partial charge on any atom is 0.152 e. The summed E-state index contributed by atoms with van der Waals surface area (Å²) in [5.41, 5.74) is 8.43. The average molecular weight is 569 g/mol. The third-order valence-electron chi connectivity index (χ3n) is 10.7. The van der Waals surface area contributed by atoms with Crippen molar-refractivity contribution in [2.45, 2.75) is 90.0 Å². The normalized spacial score (nSPS) is 20.6. The minimum atomic E-state index is 0.643. The Kier molecular flexibility index (Phi) is 8.76. The molecule has 0 spiro atoms. The predicted octanol–water partition coefficient (Wildman–Crippen LogP) is 7.84. The Balaban J connectivity index is 1.28. The highest BCUT2D eigenvalue weighted by Gasteiger charge is 2.31. The van der Waals surface area contributed by atoms with E-state index in [1.54, 1.807) is 5.56 Å². The van der Waals surface area contributed by atoms with Gasteiger partial charge in [0, 0.05) is 42.6 Å². The molecule has 1 saturated carbocycles. The number of para-hydroxylation sites is 1. The van der Waals surface area contributed by atoms with Gasteiger partial charge in [0.15, 0.2) is 5.75 Å². The number of aromatic nitrogens is 1. The molecule has 0 amide bonds. The van der Waals surface area contributed by atoms with Gasteiger partial charge in [-0.05, 0) is 107 Å². The van der Waals surface area contributed by atoms with Crippen molar-refractivity contribution in [3.05, 3.63) is 47.5 Å². The summed E-state index contributed by atoms with van der Waals surface area (Å²) in [6, 6.07) is 14.2. The minimum absolute atomic E-state index is 0.643. The number of likely N-dealkylation sites (tertiary alicyclic amines) is 2. The number of aryl methyl sites for hydroxylation is 1. The first kappa shape index (κ1) is 28.3. The fourth-order valence-electron chi connectivity index (χ4n) is 8.41. The lowest BCUT2D eigenvalue weighted by atomic mass is 9.81. The van der Waals surface area contributed by atoms with Crippen LogP contribution in [0.1, 0.15) is 87.7 Å². The van der Waals surface area contributed by atoms with E-state index in [-0.39, 0.29) is 0 Å². The zero-order valence-electron chi connectivity index (χ0n) is 26.1. The Hall–Kier alpha value is -2.50. The minimum Gasteiger partial charge on any atom is -0.489 e.